The Hall–Kier alpha value is -5.36. The van der Waals surface area contributed by atoms with Crippen LogP contribution in [0.1, 0.15) is 99.0 Å². The number of hydrogen-bond donors (Lipinski definition) is 2. The Labute approximate surface area is 346 Å². The van der Waals surface area contributed by atoms with E-state index in [9.17, 15) is 19.2 Å². The Morgan fingerprint density at radius 1 is 0.741 bits per heavy atom. The van der Waals surface area contributed by atoms with Gasteiger partial charge in [0.2, 0.25) is 11.8 Å². The molecule has 2 saturated carbocycles. The lowest BCUT2D eigenvalue weighted by Crippen LogP contribution is -2.55. The van der Waals surface area contributed by atoms with Crippen LogP contribution in [0, 0.1) is 0 Å². The zero-order valence-corrected chi connectivity index (χ0v) is 34.8. The Morgan fingerprint density at radius 3 is 1.50 bits per heavy atom. The molecule has 18 nitrogen and oxygen atoms in total. The minimum Gasteiger partial charge on any atom is -0.476 e. The van der Waals surface area contributed by atoms with Gasteiger partial charge in [-0.05, 0) is 50.7 Å². The van der Waals surface area contributed by atoms with Gasteiger partial charge in [0.05, 0.1) is 17.7 Å². The van der Waals surface area contributed by atoms with Crippen LogP contribution >= 0.6 is 23.2 Å². The maximum atomic E-state index is 12.9. The van der Waals surface area contributed by atoms with Crippen molar-refractivity contribution in [2.24, 2.45) is 0 Å². The van der Waals surface area contributed by atoms with Gasteiger partial charge in [-0.2, -0.15) is 20.2 Å². The van der Waals surface area contributed by atoms with Crippen LogP contribution in [0.3, 0.4) is 0 Å². The molecule has 0 unspecified atom stereocenters. The quantitative estimate of drug-likeness (QED) is 0.229. The van der Waals surface area contributed by atoms with E-state index >= 15 is 0 Å². The summed E-state index contributed by atoms with van der Waals surface area (Å²) < 4.78 is 2.85. The minimum absolute atomic E-state index is 0.0560. The Kier molecular flexibility index (Phi) is 13.5. The molecule has 3 amide bonds. The van der Waals surface area contributed by atoms with E-state index in [4.69, 9.17) is 38.3 Å². The van der Waals surface area contributed by atoms with Crippen LogP contribution < -0.4 is 24.9 Å². The molecule has 2 fully saturated rings. The summed E-state index contributed by atoms with van der Waals surface area (Å²) in [6, 6.07) is 3.15. The van der Waals surface area contributed by atoms with Crippen LogP contribution in [0.5, 0.6) is 0 Å². The second-order valence-electron chi connectivity index (χ2n) is 14.4. The third-order valence-electron chi connectivity index (χ3n) is 11.1. The van der Waals surface area contributed by atoms with Gasteiger partial charge < -0.3 is 30.0 Å². The topological polar surface area (TPSA) is 201 Å². The first-order chi connectivity index (χ1) is 28.0. The summed E-state index contributed by atoms with van der Waals surface area (Å²) >= 11 is 9.53. The predicted molar refractivity (Wildman–Crippen MR) is 220 cm³/mol. The molecular weight excluding hydrogens is 789 g/mol. The van der Waals surface area contributed by atoms with Crippen molar-refractivity contribution in [1.82, 2.24) is 44.8 Å². The molecule has 0 spiro atoms. The Balaban J connectivity index is 0.000000183. The van der Waals surface area contributed by atoms with Crippen molar-refractivity contribution in [2.75, 3.05) is 46.1 Å². The highest BCUT2D eigenvalue weighted by Gasteiger charge is 2.43. The number of fused-ring (bicyclic) bond motifs is 2. The smallest absolute Gasteiger partial charge is 0.356 e. The molecule has 0 saturated heterocycles. The highest BCUT2D eigenvalue weighted by atomic mass is 35.5. The Morgan fingerprint density at radius 2 is 1.14 bits per heavy atom. The monoisotopic (exact) mass is 837 g/mol. The van der Waals surface area contributed by atoms with Gasteiger partial charge >= 0.3 is 5.97 Å². The molecule has 0 aromatic carbocycles. The van der Waals surface area contributed by atoms with Crippen molar-refractivity contribution in [1.29, 1.82) is 0 Å². The van der Waals surface area contributed by atoms with Crippen molar-refractivity contribution < 1.29 is 24.3 Å². The molecule has 4 aliphatic rings. The molecule has 310 valence electrons. The fourth-order valence-corrected chi connectivity index (χ4v) is 8.20. The molecule has 0 radical (unpaired) electrons. The number of halogens is 2. The van der Waals surface area contributed by atoms with Gasteiger partial charge in [-0.15, -0.1) is 23.2 Å². The van der Waals surface area contributed by atoms with Crippen molar-refractivity contribution in [2.45, 2.75) is 102 Å². The van der Waals surface area contributed by atoms with Crippen LogP contribution in [0.15, 0.2) is 36.9 Å². The van der Waals surface area contributed by atoms with Crippen LogP contribution in [0.2, 0.25) is 0 Å². The number of aromatic nitrogens is 8. The molecule has 0 bridgehead atoms. The number of hydrogen-bond acceptors (Lipinski definition) is 12. The summed E-state index contributed by atoms with van der Waals surface area (Å²) in [6.07, 6.45) is 16.7. The number of likely N-dealkylation sites (N-methyl/N-ethyl adjacent to an activating group) is 2. The lowest BCUT2D eigenvalue weighted by Gasteiger charge is -2.43. The number of carboxylic acid groups (broad SMARTS) is 1. The second kappa shape index (κ2) is 18.5. The molecular formula is C38H49Cl2N13O5. The number of alkyl halides is 2. The van der Waals surface area contributed by atoms with Crippen molar-refractivity contribution in [3.05, 3.63) is 48.3 Å². The van der Waals surface area contributed by atoms with E-state index in [1.807, 2.05) is 13.8 Å². The van der Waals surface area contributed by atoms with E-state index in [1.54, 1.807) is 55.6 Å². The van der Waals surface area contributed by atoms with Gasteiger partial charge in [0, 0.05) is 45.6 Å². The molecule has 8 rings (SSSR count). The van der Waals surface area contributed by atoms with E-state index in [0.29, 0.717) is 47.2 Å². The predicted octanol–water partition coefficient (Wildman–Crippen LogP) is 4.81. The number of aromatic carboxylic acids is 1. The summed E-state index contributed by atoms with van der Waals surface area (Å²) in [5.74, 6) is 0.934. The number of carbonyl (C=O) groups excluding carboxylic acids is 3. The molecule has 58 heavy (non-hydrogen) atoms. The largest absolute Gasteiger partial charge is 0.476 e. The number of amides is 3. The van der Waals surface area contributed by atoms with Crippen molar-refractivity contribution >= 4 is 69.9 Å². The van der Waals surface area contributed by atoms with E-state index < -0.39 is 5.97 Å². The number of nitrogens with zero attached hydrogens (tertiary/aromatic N) is 12. The van der Waals surface area contributed by atoms with E-state index in [1.165, 1.54) is 34.5 Å². The number of anilines is 4. The van der Waals surface area contributed by atoms with Gasteiger partial charge in [-0.25, -0.2) is 24.1 Å². The first kappa shape index (κ1) is 42.3. The molecule has 2 aliphatic carbocycles. The van der Waals surface area contributed by atoms with Crippen molar-refractivity contribution in [3.8, 4) is 11.9 Å². The second-order valence-corrected chi connectivity index (χ2v) is 15.2. The third kappa shape index (κ3) is 8.30. The summed E-state index contributed by atoms with van der Waals surface area (Å²) in [6.45, 7) is 4.05. The SMILES string of the molecule is CC[C@@H]1C(=O)N(C)c2cnc(-n3ccc(C(=O)NC)n3)nc2N1C1CCCC1.CC[C@@H]1C(=O)N(C)c2cnc(-n3ccc(C(=O)O)n3)nc2N1C1CCCC1.ClCCl. The average molecular weight is 839 g/mol. The van der Waals surface area contributed by atoms with Crippen molar-refractivity contribution in [3.63, 3.8) is 0 Å². The molecule has 2 atom stereocenters. The molecule has 4 aromatic rings. The molecule has 20 heteroatoms. The van der Waals surface area contributed by atoms with Gasteiger partial charge in [0.15, 0.2) is 23.0 Å². The molecule has 6 heterocycles. The highest BCUT2D eigenvalue weighted by Crippen LogP contribution is 2.41. The van der Waals surface area contributed by atoms with Gasteiger partial charge in [0.25, 0.3) is 17.8 Å². The normalized spacial score (nSPS) is 19.3. The highest BCUT2D eigenvalue weighted by molar-refractivity contribution is 6.40. The van der Waals surface area contributed by atoms with Gasteiger partial charge in [-0.3, -0.25) is 14.4 Å². The number of carboxylic acids is 1. The van der Waals surface area contributed by atoms with Crippen LogP contribution in [0.25, 0.3) is 11.9 Å². The fourth-order valence-electron chi connectivity index (χ4n) is 8.20. The van der Waals surface area contributed by atoms with E-state index in [0.717, 1.165) is 50.8 Å². The average Bonchev–Trinajstić information content (AvgIpc) is 4.09. The van der Waals surface area contributed by atoms with Gasteiger partial charge in [0.1, 0.15) is 23.5 Å². The number of nitrogens with one attached hydrogen (secondary N) is 1. The fraction of sp³-hybridized carbons (Fsp3) is 0.526. The summed E-state index contributed by atoms with van der Waals surface area (Å²) in [7, 11) is 5.08. The van der Waals surface area contributed by atoms with Crippen LogP contribution in [0.4, 0.5) is 23.0 Å². The molecule has 4 aromatic heterocycles. The van der Waals surface area contributed by atoms with Crippen LogP contribution in [-0.4, -0.2) is 119 Å². The molecule has 2 N–H and O–H groups in total. The number of rotatable bonds is 8. The summed E-state index contributed by atoms with van der Waals surface area (Å²) in [5.41, 5.74) is 1.62. The summed E-state index contributed by atoms with van der Waals surface area (Å²) in [5, 5.41) is 20.1. The summed E-state index contributed by atoms with van der Waals surface area (Å²) in [4.78, 5) is 74.5. The molecule has 2 aliphatic heterocycles. The lowest BCUT2D eigenvalue weighted by atomic mass is 10.0. The van der Waals surface area contributed by atoms with E-state index in [-0.39, 0.29) is 46.9 Å². The first-order valence-corrected chi connectivity index (χ1v) is 20.6. The minimum atomic E-state index is -1.10. The lowest BCUT2D eigenvalue weighted by molar-refractivity contribution is -0.120. The zero-order valence-electron chi connectivity index (χ0n) is 33.3. The maximum Gasteiger partial charge on any atom is 0.356 e. The van der Waals surface area contributed by atoms with Gasteiger partial charge in [-0.1, -0.05) is 39.5 Å². The zero-order chi connectivity index (χ0) is 41.7. The standard InChI is InChI=1S/C19H25N7O2.C18H22N6O3.CH2Cl2/c1-4-14-18(28)24(3)15-11-21-19(25-10-9-13(23-25)17(27)20-2)22-16(15)26(14)12-7-5-6-8-12;1-3-13-16(25)22(2)14-10-19-18(23-9-8-12(21-23)17(26)27)20-15(14)24(13)11-6-4-5-7-11;2-1-3/h9-12,14H,4-8H2,1-3H3,(H,20,27);8-11,13H,3-7H2,1-2H3,(H,26,27);1H2/t14-;13-;/m11./s1. The first-order valence-electron chi connectivity index (χ1n) is 19.5. The number of carbonyl (C=O) groups is 4. The maximum absolute atomic E-state index is 12.9. The Bertz CT molecular complexity index is 2120. The van der Waals surface area contributed by atoms with Crippen LogP contribution in [-0.2, 0) is 9.59 Å². The third-order valence-corrected chi connectivity index (χ3v) is 11.1. The van der Waals surface area contributed by atoms with E-state index in [2.05, 4.69) is 35.3 Å².